The van der Waals surface area contributed by atoms with E-state index in [0.29, 0.717) is 25.1 Å². The Morgan fingerprint density at radius 1 is 1.18 bits per heavy atom. The number of cyclic esters (lactones) is 1. The number of amides is 4. The van der Waals surface area contributed by atoms with Crippen molar-refractivity contribution in [2.45, 2.75) is 107 Å². The third-order valence-electron chi connectivity index (χ3n) is 9.17. The summed E-state index contributed by atoms with van der Waals surface area (Å²) in [6.07, 6.45) is 7.78. The highest BCUT2D eigenvalue weighted by Gasteiger charge is 2.47. The average molecular weight is 730 g/mol. The lowest BCUT2D eigenvalue weighted by Gasteiger charge is -2.35. The van der Waals surface area contributed by atoms with Gasteiger partial charge < -0.3 is 25.0 Å². The molecular weight excluding hydrogens is 683 g/mol. The van der Waals surface area contributed by atoms with Gasteiger partial charge in [-0.15, -0.1) is 18.3 Å². The Kier molecular flexibility index (Phi) is 11.7. The number of aromatic nitrogens is 1. The number of fused-ring (bicyclic) bond motifs is 3. The Labute approximate surface area is 297 Å². The van der Waals surface area contributed by atoms with E-state index in [9.17, 15) is 27.6 Å². The molecule has 3 heterocycles. The van der Waals surface area contributed by atoms with Crippen molar-refractivity contribution in [3.8, 4) is 5.88 Å². The van der Waals surface area contributed by atoms with Crippen molar-refractivity contribution in [3.05, 3.63) is 42.6 Å². The number of nitrogens with zero attached hydrogens (tertiary/aromatic N) is 2. The van der Waals surface area contributed by atoms with Gasteiger partial charge in [0.1, 0.15) is 24.2 Å². The van der Waals surface area contributed by atoms with Crippen LogP contribution in [0.15, 0.2) is 41.9 Å². The standard InChI is InChI=1S/C35H47N5O8S2/c1-6-10-26(30(41)39-50(45,46)23-12-13-23)37-31(42)27-19-22-20-40(27)33(43)29(35(2,3)4)38-34(44)47-16-9-7-8-11-21-17-25-24(28(18-21)49-5)14-15-36-32(25)48-22/h6,14-15,17-18,22-23,26-27,29H,1,7-13,16,19-20H2,2-5H3,(H,37,42)(H,38,44)(H,39,41)/t22-,26?,27+,29-/m1/s1. The maximum Gasteiger partial charge on any atom is 0.407 e. The van der Waals surface area contributed by atoms with Gasteiger partial charge in [-0.3, -0.25) is 19.1 Å². The number of alkyl carbamates (subject to hydrolysis) is 1. The van der Waals surface area contributed by atoms with Crippen LogP contribution in [0.25, 0.3) is 10.8 Å². The predicted molar refractivity (Wildman–Crippen MR) is 190 cm³/mol. The molecule has 4 bridgehead atoms. The van der Waals surface area contributed by atoms with Crippen LogP contribution in [0.1, 0.15) is 71.3 Å². The van der Waals surface area contributed by atoms with Gasteiger partial charge in [-0.05, 0) is 80.4 Å². The summed E-state index contributed by atoms with van der Waals surface area (Å²) in [4.78, 5) is 61.4. The van der Waals surface area contributed by atoms with Crippen molar-refractivity contribution in [2.24, 2.45) is 5.41 Å². The third kappa shape index (κ3) is 8.89. The van der Waals surface area contributed by atoms with Gasteiger partial charge in [0.2, 0.25) is 27.7 Å². The van der Waals surface area contributed by atoms with Crippen molar-refractivity contribution >= 4 is 56.4 Å². The second-order valence-electron chi connectivity index (χ2n) is 14.2. The molecule has 0 radical (unpaired) electrons. The Morgan fingerprint density at radius 2 is 1.94 bits per heavy atom. The fourth-order valence-corrected chi connectivity index (χ4v) is 8.32. The molecule has 1 aromatic heterocycles. The number of rotatable bonds is 8. The van der Waals surface area contributed by atoms with Crippen LogP contribution in [0.2, 0.25) is 0 Å². The van der Waals surface area contributed by atoms with Gasteiger partial charge in [-0.1, -0.05) is 26.8 Å². The molecule has 2 fully saturated rings. The van der Waals surface area contributed by atoms with Crippen LogP contribution in [-0.4, -0.2) is 91.0 Å². The molecule has 1 unspecified atom stereocenters. The Hall–Kier alpha value is -3.85. The van der Waals surface area contributed by atoms with Gasteiger partial charge in [-0.25, -0.2) is 18.2 Å². The first-order valence-corrected chi connectivity index (χ1v) is 19.8. The van der Waals surface area contributed by atoms with Crippen LogP contribution in [0.4, 0.5) is 4.79 Å². The molecule has 1 aliphatic carbocycles. The van der Waals surface area contributed by atoms with Crippen molar-refractivity contribution < 1.29 is 37.1 Å². The van der Waals surface area contributed by atoms with Crippen molar-refractivity contribution in [1.29, 1.82) is 0 Å². The van der Waals surface area contributed by atoms with Gasteiger partial charge >= 0.3 is 6.09 Å². The third-order valence-corrected chi connectivity index (χ3v) is 11.8. The molecule has 13 nitrogen and oxygen atoms in total. The number of sulfonamides is 1. The van der Waals surface area contributed by atoms with Crippen LogP contribution in [-0.2, 0) is 35.6 Å². The molecule has 4 atom stereocenters. The number of hydrogen-bond acceptors (Lipinski definition) is 10. The highest BCUT2D eigenvalue weighted by molar-refractivity contribution is 7.98. The van der Waals surface area contributed by atoms with E-state index in [4.69, 9.17) is 9.47 Å². The molecule has 3 N–H and O–H groups in total. The second kappa shape index (κ2) is 15.6. The Balaban J connectivity index is 1.49. The summed E-state index contributed by atoms with van der Waals surface area (Å²) < 4.78 is 39.1. The SMILES string of the molecule is C=CCC(NC(=O)[C@@H]1C[C@@H]2CN1C(=O)[C@H](C(C)(C)C)NC(=O)OCCCCCc1cc(SC)c3ccnc(c3c1)O2)C(=O)NS(=O)(=O)C1CC1. The molecule has 5 rings (SSSR count). The molecule has 1 saturated carbocycles. The highest BCUT2D eigenvalue weighted by atomic mass is 32.2. The topological polar surface area (TPSA) is 173 Å². The molecule has 3 aliphatic rings. The Bertz CT molecular complexity index is 1740. The van der Waals surface area contributed by atoms with E-state index in [2.05, 4.69) is 39.1 Å². The lowest BCUT2D eigenvalue weighted by atomic mass is 9.85. The summed E-state index contributed by atoms with van der Waals surface area (Å²) >= 11 is 1.62. The van der Waals surface area contributed by atoms with E-state index in [-0.39, 0.29) is 26.0 Å². The van der Waals surface area contributed by atoms with E-state index in [1.165, 1.54) is 11.0 Å². The zero-order valence-corrected chi connectivity index (χ0v) is 30.7. The van der Waals surface area contributed by atoms with Gasteiger partial charge in [0.15, 0.2) is 0 Å². The molecule has 2 aliphatic heterocycles. The van der Waals surface area contributed by atoms with Gasteiger partial charge in [0.25, 0.3) is 5.91 Å². The second-order valence-corrected chi connectivity index (χ2v) is 17.0. The number of carbonyl (C=O) groups is 4. The predicted octanol–water partition coefficient (Wildman–Crippen LogP) is 3.84. The highest BCUT2D eigenvalue weighted by Crippen LogP contribution is 2.35. The number of nitrogens with one attached hydrogen (secondary N) is 3. The van der Waals surface area contributed by atoms with Crippen LogP contribution in [0.3, 0.4) is 0 Å². The van der Waals surface area contributed by atoms with E-state index < -0.39 is 68.7 Å². The first-order valence-electron chi connectivity index (χ1n) is 17.0. The van der Waals surface area contributed by atoms with E-state index in [1.807, 2.05) is 12.3 Å². The summed E-state index contributed by atoms with van der Waals surface area (Å²) in [5, 5.41) is 6.55. The molecule has 50 heavy (non-hydrogen) atoms. The fourth-order valence-electron chi connectivity index (χ4n) is 6.31. The number of carbonyl (C=O) groups excluding carboxylic acids is 4. The zero-order chi connectivity index (χ0) is 36.2. The van der Waals surface area contributed by atoms with Crippen molar-refractivity contribution in [2.75, 3.05) is 19.4 Å². The number of pyridine rings is 1. The monoisotopic (exact) mass is 729 g/mol. The molecule has 4 amide bonds. The normalized spacial score (nSPS) is 22.8. The number of benzene rings is 1. The quantitative estimate of drug-likeness (QED) is 0.268. The van der Waals surface area contributed by atoms with Crippen LogP contribution in [0, 0.1) is 5.41 Å². The van der Waals surface area contributed by atoms with Crippen LogP contribution < -0.4 is 20.1 Å². The van der Waals surface area contributed by atoms with Gasteiger partial charge in [-0.2, -0.15) is 0 Å². The minimum Gasteiger partial charge on any atom is -0.472 e. The minimum atomic E-state index is -3.87. The van der Waals surface area contributed by atoms with E-state index in [0.717, 1.165) is 40.5 Å². The van der Waals surface area contributed by atoms with Gasteiger partial charge in [0, 0.05) is 28.3 Å². The molecule has 2 aromatic rings. The van der Waals surface area contributed by atoms with Crippen molar-refractivity contribution in [3.63, 3.8) is 0 Å². The number of aryl methyl sites for hydroxylation is 1. The summed E-state index contributed by atoms with van der Waals surface area (Å²) in [6, 6.07) is 2.72. The number of hydrogen-bond donors (Lipinski definition) is 3. The maximum atomic E-state index is 14.4. The Morgan fingerprint density at radius 3 is 2.62 bits per heavy atom. The fraction of sp³-hybridized carbons (Fsp3) is 0.571. The largest absolute Gasteiger partial charge is 0.472 e. The summed E-state index contributed by atoms with van der Waals surface area (Å²) in [5.41, 5.74) is 0.337. The summed E-state index contributed by atoms with van der Waals surface area (Å²) in [6.45, 7) is 9.23. The van der Waals surface area contributed by atoms with Crippen molar-refractivity contribution in [1.82, 2.24) is 25.2 Å². The first-order chi connectivity index (χ1) is 23.7. The number of thioether (sulfide) groups is 1. The van der Waals surface area contributed by atoms with E-state index >= 15 is 0 Å². The lowest BCUT2D eigenvalue weighted by molar-refractivity contribution is -0.142. The number of ether oxygens (including phenoxy) is 2. The lowest BCUT2D eigenvalue weighted by Crippen LogP contribution is -2.59. The molecule has 15 heteroatoms. The molecule has 1 saturated heterocycles. The van der Waals surface area contributed by atoms with Gasteiger partial charge in [0.05, 0.1) is 18.4 Å². The van der Waals surface area contributed by atoms with Crippen LogP contribution >= 0.6 is 11.8 Å². The smallest absolute Gasteiger partial charge is 0.407 e. The molecule has 1 aromatic carbocycles. The molecular formula is C35H47N5O8S2. The first kappa shape index (κ1) is 37.4. The average Bonchev–Trinajstić information content (AvgIpc) is 3.84. The molecule has 0 spiro atoms. The summed E-state index contributed by atoms with van der Waals surface area (Å²) in [5.74, 6) is -1.71. The maximum absolute atomic E-state index is 14.4. The molecule has 272 valence electrons. The van der Waals surface area contributed by atoms with Crippen LogP contribution in [0.5, 0.6) is 5.88 Å². The van der Waals surface area contributed by atoms with E-state index in [1.54, 1.807) is 38.7 Å². The zero-order valence-electron chi connectivity index (χ0n) is 29.0. The summed E-state index contributed by atoms with van der Waals surface area (Å²) in [7, 11) is -3.87. The minimum absolute atomic E-state index is 0.0122.